The summed E-state index contributed by atoms with van der Waals surface area (Å²) in [4.78, 5) is 11.4. The Kier molecular flexibility index (Phi) is 8.39. The molecule has 0 aliphatic carbocycles. The van der Waals surface area contributed by atoms with Crippen molar-refractivity contribution in [2.75, 3.05) is 24.6 Å². The highest BCUT2D eigenvalue weighted by Crippen LogP contribution is 1.98. The number of thioether (sulfide) groups is 1. The fraction of sp³-hybridized carbons (Fsp3) is 0.750. The molecule has 0 fully saturated rings. The molecule has 0 bridgehead atoms. The lowest BCUT2D eigenvalue weighted by atomic mass is 10.1. The number of carbonyl (C=O) groups excluding carboxylic acids is 1. The number of rotatable bonds is 8. The maximum Gasteiger partial charge on any atom is 0.221 e. The minimum absolute atomic E-state index is 0.0834. The second-order valence-electron chi connectivity index (χ2n) is 4.64. The Morgan fingerprint density at radius 1 is 1.38 bits per heavy atom. The van der Waals surface area contributed by atoms with E-state index in [-0.39, 0.29) is 11.4 Å². The molecule has 0 aromatic carbocycles. The molecule has 16 heavy (non-hydrogen) atoms. The fourth-order valence-corrected chi connectivity index (χ4v) is 1.65. The highest BCUT2D eigenvalue weighted by atomic mass is 32.2. The van der Waals surface area contributed by atoms with Crippen molar-refractivity contribution < 1.29 is 4.79 Å². The van der Waals surface area contributed by atoms with Crippen LogP contribution in [0, 0.1) is 0 Å². The zero-order valence-electron chi connectivity index (χ0n) is 10.6. The van der Waals surface area contributed by atoms with Crippen molar-refractivity contribution in [2.24, 2.45) is 0 Å². The van der Waals surface area contributed by atoms with Gasteiger partial charge in [-0.3, -0.25) is 4.79 Å². The summed E-state index contributed by atoms with van der Waals surface area (Å²) in [7, 11) is 0. The summed E-state index contributed by atoms with van der Waals surface area (Å²) in [6.07, 6.45) is 2.42. The summed E-state index contributed by atoms with van der Waals surface area (Å²) < 4.78 is 0. The third kappa shape index (κ3) is 11.6. The van der Waals surface area contributed by atoms with Crippen molar-refractivity contribution in [2.45, 2.75) is 32.7 Å². The van der Waals surface area contributed by atoms with Crippen molar-refractivity contribution in [1.82, 2.24) is 10.6 Å². The first kappa shape index (κ1) is 15.5. The van der Waals surface area contributed by atoms with Gasteiger partial charge in [0.2, 0.25) is 5.91 Å². The molecule has 0 saturated carbocycles. The van der Waals surface area contributed by atoms with Crippen LogP contribution in [0.4, 0.5) is 0 Å². The lowest BCUT2D eigenvalue weighted by Gasteiger charge is -2.20. The average molecular weight is 244 g/mol. The summed E-state index contributed by atoms with van der Waals surface area (Å²) >= 11 is 1.77. The normalized spacial score (nSPS) is 11.2. The smallest absolute Gasteiger partial charge is 0.221 e. The van der Waals surface area contributed by atoms with Crippen molar-refractivity contribution in [3.63, 3.8) is 0 Å². The molecule has 0 radical (unpaired) electrons. The van der Waals surface area contributed by atoms with Crippen LogP contribution in [0.1, 0.15) is 27.2 Å². The van der Waals surface area contributed by atoms with Crippen molar-refractivity contribution >= 4 is 17.7 Å². The first-order chi connectivity index (χ1) is 7.45. The van der Waals surface area contributed by atoms with Gasteiger partial charge in [-0.05, 0) is 20.8 Å². The quantitative estimate of drug-likeness (QED) is 0.505. The minimum atomic E-state index is 0.0834. The monoisotopic (exact) mass is 244 g/mol. The number of nitrogens with one attached hydrogen (secondary N) is 2. The molecule has 1 amide bonds. The van der Waals surface area contributed by atoms with E-state index in [1.165, 1.54) is 0 Å². The van der Waals surface area contributed by atoms with Crippen molar-refractivity contribution in [3.8, 4) is 0 Å². The van der Waals surface area contributed by atoms with Gasteiger partial charge in [-0.1, -0.05) is 6.08 Å². The number of hydrogen-bond donors (Lipinski definition) is 2. The van der Waals surface area contributed by atoms with Gasteiger partial charge in [0.15, 0.2) is 0 Å². The summed E-state index contributed by atoms with van der Waals surface area (Å²) in [6, 6.07) is 0. The molecule has 2 N–H and O–H groups in total. The van der Waals surface area contributed by atoms with E-state index in [0.29, 0.717) is 6.42 Å². The summed E-state index contributed by atoms with van der Waals surface area (Å²) in [5, 5.41) is 6.18. The fourth-order valence-electron chi connectivity index (χ4n) is 1.07. The SMILES string of the molecule is C=CCSCCNC(=O)CCNC(C)(C)C. The van der Waals surface area contributed by atoms with E-state index in [1.807, 2.05) is 6.08 Å². The third-order valence-electron chi connectivity index (χ3n) is 1.81. The molecular formula is C12H24N2OS. The molecule has 4 heteroatoms. The molecule has 0 heterocycles. The van der Waals surface area contributed by atoms with E-state index in [4.69, 9.17) is 0 Å². The van der Waals surface area contributed by atoms with Gasteiger partial charge < -0.3 is 10.6 Å². The zero-order valence-corrected chi connectivity index (χ0v) is 11.5. The van der Waals surface area contributed by atoms with Gasteiger partial charge in [0, 0.05) is 36.6 Å². The van der Waals surface area contributed by atoms with Gasteiger partial charge in [0.05, 0.1) is 0 Å². The van der Waals surface area contributed by atoms with E-state index in [0.717, 1.165) is 24.6 Å². The molecular weight excluding hydrogens is 220 g/mol. The van der Waals surface area contributed by atoms with Crippen LogP contribution >= 0.6 is 11.8 Å². The van der Waals surface area contributed by atoms with Crippen LogP contribution in [0.3, 0.4) is 0 Å². The van der Waals surface area contributed by atoms with Crippen LogP contribution in [-0.2, 0) is 4.79 Å². The lowest BCUT2D eigenvalue weighted by molar-refractivity contribution is -0.120. The Bertz CT molecular complexity index is 212. The van der Waals surface area contributed by atoms with Crippen LogP contribution in [-0.4, -0.2) is 36.0 Å². The number of carbonyl (C=O) groups is 1. The largest absolute Gasteiger partial charge is 0.355 e. The number of amides is 1. The minimum Gasteiger partial charge on any atom is -0.355 e. The highest BCUT2D eigenvalue weighted by Gasteiger charge is 2.08. The standard InChI is InChI=1S/C12H24N2OS/c1-5-9-16-10-8-13-11(15)6-7-14-12(2,3)4/h5,14H,1,6-10H2,2-4H3,(H,13,15). The van der Waals surface area contributed by atoms with Crippen LogP contribution in [0.15, 0.2) is 12.7 Å². The average Bonchev–Trinajstić information content (AvgIpc) is 2.15. The van der Waals surface area contributed by atoms with Gasteiger partial charge in [-0.25, -0.2) is 0 Å². The highest BCUT2D eigenvalue weighted by molar-refractivity contribution is 7.99. The van der Waals surface area contributed by atoms with Crippen LogP contribution in [0.25, 0.3) is 0 Å². The molecule has 94 valence electrons. The molecule has 0 aromatic rings. The Hall–Kier alpha value is -0.480. The molecule has 3 nitrogen and oxygen atoms in total. The Balaban J connectivity index is 3.35. The first-order valence-electron chi connectivity index (χ1n) is 5.66. The van der Waals surface area contributed by atoms with Crippen molar-refractivity contribution in [3.05, 3.63) is 12.7 Å². The van der Waals surface area contributed by atoms with E-state index < -0.39 is 0 Å². The molecule has 0 unspecified atom stereocenters. The van der Waals surface area contributed by atoms with Crippen LogP contribution in [0.5, 0.6) is 0 Å². The predicted molar refractivity (Wildman–Crippen MR) is 72.9 cm³/mol. The summed E-state index contributed by atoms with van der Waals surface area (Å²) in [6.45, 7) is 11.4. The second kappa shape index (κ2) is 8.65. The first-order valence-corrected chi connectivity index (χ1v) is 6.81. The lowest BCUT2D eigenvalue weighted by Crippen LogP contribution is -2.38. The van der Waals surface area contributed by atoms with E-state index in [2.05, 4.69) is 38.0 Å². The predicted octanol–water partition coefficient (Wildman–Crippen LogP) is 1.80. The molecule has 0 atom stereocenters. The molecule has 0 aliphatic rings. The Labute approximate surface area is 103 Å². The Morgan fingerprint density at radius 3 is 2.62 bits per heavy atom. The van der Waals surface area contributed by atoms with E-state index in [1.54, 1.807) is 11.8 Å². The van der Waals surface area contributed by atoms with E-state index in [9.17, 15) is 4.79 Å². The molecule has 0 rings (SSSR count). The zero-order chi connectivity index (χ0) is 12.4. The topological polar surface area (TPSA) is 41.1 Å². The van der Waals surface area contributed by atoms with Gasteiger partial charge in [-0.2, -0.15) is 11.8 Å². The van der Waals surface area contributed by atoms with Crippen LogP contribution < -0.4 is 10.6 Å². The number of hydrogen-bond acceptors (Lipinski definition) is 3. The van der Waals surface area contributed by atoms with Gasteiger partial charge >= 0.3 is 0 Å². The van der Waals surface area contributed by atoms with Crippen molar-refractivity contribution in [1.29, 1.82) is 0 Å². The maximum absolute atomic E-state index is 11.4. The molecule has 0 spiro atoms. The summed E-state index contributed by atoms with van der Waals surface area (Å²) in [5.41, 5.74) is 0.0834. The molecule has 0 aromatic heterocycles. The maximum atomic E-state index is 11.4. The van der Waals surface area contributed by atoms with Gasteiger partial charge in [-0.15, -0.1) is 6.58 Å². The Morgan fingerprint density at radius 2 is 2.06 bits per heavy atom. The summed E-state index contributed by atoms with van der Waals surface area (Å²) in [5.74, 6) is 2.02. The molecule has 0 aliphatic heterocycles. The molecule has 0 saturated heterocycles. The van der Waals surface area contributed by atoms with Gasteiger partial charge in [0.1, 0.15) is 0 Å². The third-order valence-corrected chi connectivity index (χ3v) is 2.78. The van der Waals surface area contributed by atoms with Gasteiger partial charge in [0.25, 0.3) is 0 Å². The van der Waals surface area contributed by atoms with E-state index >= 15 is 0 Å². The second-order valence-corrected chi connectivity index (χ2v) is 5.79. The van der Waals surface area contributed by atoms with Crippen LogP contribution in [0.2, 0.25) is 0 Å².